The molecule has 35 heavy (non-hydrogen) atoms. The first-order valence-corrected chi connectivity index (χ1v) is 12.4. The topological polar surface area (TPSA) is 84.9 Å². The Bertz CT molecular complexity index is 1170. The molecule has 0 aromatic heterocycles. The van der Waals surface area contributed by atoms with Gasteiger partial charge in [0, 0.05) is 0 Å². The molecule has 0 bridgehead atoms. The van der Waals surface area contributed by atoms with E-state index in [4.69, 9.17) is 44.3 Å². The number of benzene rings is 2. The summed E-state index contributed by atoms with van der Waals surface area (Å²) in [6.07, 6.45) is 5.52. The molecule has 4 amide bonds. The van der Waals surface area contributed by atoms with E-state index in [1.165, 1.54) is 24.3 Å². The Kier molecular flexibility index (Phi) is 9.43. The zero-order chi connectivity index (χ0) is 25.5. The van der Waals surface area contributed by atoms with E-state index in [0.717, 1.165) is 30.6 Å². The molecule has 7 nitrogen and oxygen atoms in total. The zero-order valence-electron chi connectivity index (χ0n) is 19.3. The predicted octanol–water partition coefficient (Wildman–Crippen LogP) is 6.67. The van der Waals surface area contributed by atoms with E-state index in [-0.39, 0.29) is 26.3 Å². The van der Waals surface area contributed by atoms with Gasteiger partial charge in [-0.25, -0.2) is 9.69 Å². The average Bonchev–Trinajstić information content (AvgIpc) is 2.80. The number of nitrogens with one attached hydrogen (secondary N) is 1. The molecule has 1 aliphatic rings. The summed E-state index contributed by atoms with van der Waals surface area (Å²) in [6, 6.07) is 6.58. The Morgan fingerprint density at radius 1 is 0.914 bits per heavy atom. The lowest BCUT2D eigenvalue weighted by Gasteiger charge is -2.26. The number of imide groups is 2. The van der Waals surface area contributed by atoms with Gasteiger partial charge in [-0.2, -0.15) is 0 Å². The van der Waals surface area contributed by atoms with Crippen molar-refractivity contribution in [3.8, 4) is 11.5 Å². The average molecular weight is 540 g/mol. The number of ether oxygens (including phenoxy) is 2. The van der Waals surface area contributed by atoms with Crippen LogP contribution in [0.15, 0.2) is 35.9 Å². The third-order valence-corrected chi connectivity index (χ3v) is 6.17. The van der Waals surface area contributed by atoms with Crippen LogP contribution in [0.1, 0.15) is 45.1 Å². The highest BCUT2D eigenvalue weighted by Gasteiger charge is 2.37. The molecule has 0 unspecified atom stereocenters. The van der Waals surface area contributed by atoms with Crippen LogP contribution >= 0.6 is 34.8 Å². The molecule has 1 N–H and O–H groups in total. The van der Waals surface area contributed by atoms with E-state index in [0.29, 0.717) is 30.3 Å². The van der Waals surface area contributed by atoms with Crippen LogP contribution in [0.2, 0.25) is 15.1 Å². The number of hydrogen-bond donors (Lipinski definition) is 1. The van der Waals surface area contributed by atoms with E-state index < -0.39 is 17.8 Å². The minimum absolute atomic E-state index is 0.158. The van der Waals surface area contributed by atoms with Gasteiger partial charge in [-0.15, -0.1) is 0 Å². The van der Waals surface area contributed by atoms with Crippen molar-refractivity contribution in [1.82, 2.24) is 5.32 Å². The number of halogens is 3. The Morgan fingerprint density at radius 3 is 2.37 bits per heavy atom. The van der Waals surface area contributed by atoms with Crippen molar-refractivity contribution >= 4 is 64.4 Å². The molecule has 0 saturated carbocycles. The van der Waals surface area contributed by atoms with Gasteiger partial charge in [0.05, 0.1) is 34.0 Å². The Hall–Kier alpha value is -2.74. The Balaban J connectivity index is 1.92. The summed E-state index contributed by atoms with van der Waals surface area (Å²) < 4.78 is 11.6. The lowest BCUT2D eigenvalue weighted by Crippen LogP contribution is -2.54. The quantitative estimate of drug-likeness (QED) is 0.207. The van der Waals surface area contributed by atoms with Crippen LogP contribution in [0.5, 0.6) is 11.5 Å². The summed E-state index contributed by atoms with van der Waals surface area (Å²) in [6.45, 7) is 4.81. The van der Waals surface area contributed by atoms with E-state index >= 15 is 0 Å². The predicted molar refractivity (Wildman–Crippen MR) is 138 cm³/mol. The summed E-state index contributed by atoms with van der Waals surface area (Å²) >= 11 is 18.4. The number of carbonyl (C=O) groups is 3. The number of urea groups is 1. The fraction of sp³-hybridized carbons (Fsp3) is 0.320. The Morgan fingerprint density at radius 2 is 1.69 bits per heavy atom. The SMILES string of the molecule is CCCCCCOc1c(Cl)cc(/C=C2/C(=O)NC(=O)N(c3ccc(Cl)c(Cl)c3)C2=O)cc1OCC. The second-order valence-corrected chi connectivity index (χ2v) is 8.95. The minimum atomic E-state index is -0.893. The Labute approximate surface area is 218 Å². The van der Waals surface area contributed by atoms with Crippen molar-refractivity contribution in [2.45, 2.75) is 39.5 Å². The van der Waals surface area contributed by atoms with Crippen LogP contribution in [-0.4, -0.2) is 31.1 Å². The molecule has 3 rings (SSSR count). The van der Waals surface area contributed by atoms with Crippen LogP contribution in [0.25, 0.3) is 6.08 Å². The smallest absolute Gasteiger partial charge is 0.335 e. The first kappa shape index (κ1) is 26.9. The number of rotatable bonds is 10. The van der Waals surface area contributed by atoms with Crippen LogP contribution in [0.3, 0.4) is 0 Å². The fourth-order valence-corrected chi connectivity index (χ4v) is 4.03. The molecule has 2 aromatic carbocycles. The molecule has 2 aromatic rings. The summed E-state index contributed by atoms with van der Waals surface area (Å²) in [7, 11) is 0. The molecule has 0 radical (unpaired) electrons. The van der Waals surface area contributed by atoms with Crippen molar-refractivity contribution in [2.75, 3.05) is 18.1 Å². The van der Waals surface area contributed by atoms with Gasteiger partial charge in [-0.3, -0.25) is 14.9 Å². The molecule has 1 aliphatic heterocycles. The highest BCUT2D eigenvalue weighted by molar-refractivity contribution is 6.43. The van der Waals surface area contributed by atoms with Gasteiger partial charge in [0.25, 0.3) is 11.8 Å². The molecule has 1 heterocycles. The number of hydrogen-bond acceptors (Lipinski definition) is 5. The van der Waals surface area contributed by atoms with E-state index in [2.05, 4.69) is 12.2 Å². The van der Waals surface area contributed by atoms with E-state index in [1.54, 1.807) is 12.1 Å². The second-order valence-electron chi connectivity index (χ2n) is 7.73. The van der Waals surface area contributed by atoms with Crippen molar-refractivity contribution < 1.29 is 23.9 Å². The van der Waals surface area contributed by atoms with Gasteiger partial charge in [0.15, 0.2) is 11.5 Å². The third kappa shape index (κ3) is 6.48. The molecular weight excluding hydrogens is 515 g/mol. The summed E-state index contributed by atoms with van der Waals surface area (Å²) in [5, 5.41) is 2.86. The lowest BCUT2D eigenvalue weighted by atomic mass is 10.1. The fourth-order valence-electron chi connectivity index (χ4n) is 3.46. The van der Waals surface area contributed by atoms with Crippen LogP contribution in [0.4, 0.5) is 10.5 Å². The summed E-state index contributed by atoms with van der Waals surface area (Å²) in [5.74, 6) is -0.855. The van der Waals surface area contributed by atoms with Crippen molar-refractivity contribution in [3.05, 3.63) is 56.5 Å². The number of carbonyl (C=O) groups excluding carboxylic acids is 3. The highest BCUT2D eigenvalue weighted by atomic mass is 35.5. The molecule has 0 spiro atoms. The number of unbranched alkanes of at least 4 members (excludes halogenated alkanes) is 3. The largest absolute Gasteiger partial charge is 0.490 e. The first-order valence-electron chi connectivity index (χ1n) is 11.2. The minimum Gasteiger partial charge on any atom is -0.490 e. The van der Waals surface area contributed by atoms with Crippen LogP contribution in [-0.2, 0) is 9.59 Å². The maximum atomic E-state index is 13.1. The first-order chi connectivity index (χ1) is 16.8. The normalized spacial score (nSPS) is 14.9. The monoisotopic (exact) mass is 538 g/mol. The molecule has 1 saturated heterocycles. The maximum Gasteiger partial charge on any atom is 0.335 e. The van der Waals surface area contributed by atoms with Gasteiger partial charge in [0.1, 0.15) is 5.57 Å². The van der Waals surface area contributed by atoms with Crippen molar-refractivity contribution in [2.24, 2.45) is 0 Å². The highest BCUT2D eigenvalue weighted by Crippen LogP contribution is 2.38. The molecule has 0 atom stereocenters. The third-order valence-electron chi connectivity index (χ3n) is 5.15. The number of anilines is 1. The second kappa shape index (κ2) is 12.3. The molecule has 0 aliphatic carbocycles. The molecule has 10 heteroatoms. The van der Waals surface area contributed by atoms with Gasteiger partial charge in [0.2, 0.25) is 0 Å². The molecule has 186 valence electrons. The van der Waals surface area contributed by atoms with Crippen LogP contribution < -0.4 is 19.7 Å². The number of nitrogens with zero attached hydrogens (tertiary/aromatic N) is 1. The standard InChI is InChI=1S/C25H25Cl3N2O5/c1-3-5-6-7-10-35-22-20(28)12-15(13-21(22)34-4-2)11-17-23(31)29-25(33)30(24(17)32)16-8-9-18(26)19(27)14-16/h8-9,11-14H,3-7,10H2,1-2H3,(H,29,31,33)/b17-11-. The number of barbiturate groups is 1. The zero-order valence-corrected chi connectivity index (χ0v) is 21.6. The van der Waals surface area contributed by atoms with Gasteiger partial charge in [-0.1, -0.05) is 61.0 Å². The van der Waals surface area contributed by atoms with Crippen molar-refractivity contribution in [3.63, 3.8) is 0 Å². The molecule has 1 fully saturated rings. The van der Waals surface area contributed by atoms with E-state index in [9.17, 15) is 14.4 Å². The number of amides is 4. The van der Waals surface area contributed by atoms with Gasteiger partial charge in [-0.05, 0) is 55.3 Å². The summed E-state index contributed by atoms with van der Waals surface area (Å²) in [5.41, 5.74) is 0.335. The lowest BCUT2D eigenvalue weighted by molar-refractivity contribution is -0.122. The molecular formula is C25H25Cl3N2O5. The summed E-state index contributed by atoms with van der Waals surface area (Å²) in [4.78, 5) is 38.9. The van der Waals surface area contributed by atoms with Crippen LogP contribution in [0, 0.1) is 0 Å². The van der Waals surface area contributed by atoms with Gasteiger partial charge >= 0.3 is 6.03 Å². The maximum absolute atomic E-state index is 13.1. The van der Waals surface area contributed by atoms with E-state index in [1.807, 2.05) is 6.92 Å². The van der Waals surface area contributed by atoms with Gasteiger partial charge < -0.3 is 9.47 Å². The van der Waals surface area contributed by atoms with Crippen molar-refractivity contribution in [1.29, 1.82) is 0 Å².